The molecule has 2 unspecified atom stereocenters. The molecule has 0 spiro atoms. The average Bonchev–Trinajstić information content (AvgIpc) is 3.43. The topological polar surface area (TPSA) is 134 Å². The molecule has 10 heteroatoms. The van der Waals surface area contributed by atoms with E-state index in [0.717, 1.165) is 96.3 Å². The Morgan fingerprint density at radius 1 is 0.397 bits per heavy atom. The molecule has 446 valence electrons. The fourth-order valence-corrected chi connectivity index (χ4v) is 9.25. The number of nitrogens with two attached hydrogens (primary N) is 1. The lowest BCUT2D eigenvalue weighted by Gasteiger charge is -2.19. The maximum Gasteiger partial charge on any atom is 0.472 e. The van der Waals surface area contributed by atoms with E-state index in [2.05, 4.69) is 135 Å². The normalized spacial score (nSPS) is 13.8. The van der Waals surface area contributed by atoms with Gasteiger partial charge in [-0.1, -0.05) is 283 Å². The standard InChI is InChI=1S/C68H116NO8P/c1-3-5-7-9-11-13-15-17-19-21-23-25-27-29-30-31-32-33-34-35-36-37-39-41-43-45-47-49-51-53-55-57-59-61-68(71)77-66(65-76-78(72,73)75-63-62-69)64-74-67(70)60-58-56-54-52-50-48-46-44-42-40-38-28-26-24-22-20-18-16-14-12-10-8-6-4-2/h5,7,11,13,17,19,23,25,29-30,32-33,35-36,39,41,45,47,51,53,66H,3-4,6,8-10,12,14-16,18,20-22,24,26-28,31,34,37-38,40,42-44,46,48-50,52,54-65,69H2,1-2H3,(H,72,73)/b7-5-,13-11-,19-17-,25-23-,30-29-,33-32-,36-35-,41-39-,47-45-,53-51-. The summed E-state index contributed by atoms with van der Waals surface area (Å²) >= 11 is 0. The van der Waals surface area contributed by atoms with Crippen molar-refractivity contribution >= 4 is 19.8 Å². The second-order valence-corrected chi connectivity index (χ2v) is 22.0. The first-order valence-corrected chi connectivity index (χ1v) is 33.0. The van der Waals surface area contributed by atoms with Gasteiger partial charge >= 0.3 is 19.8 Å². The number of allylic oxidation sites excluding steroid dienone is 20. The smallest absolute Gasteiger partial charge is 0.462 e. The van der Waals surface area contributed by atoms with Crippen molar-refractivity contribution in [2.24, 2.45) is 5.73 Å². The van der Waals surface area contributed by atoms with Gasteiger partial charge in [0.05, 0.1) is 13.2 Å². The summed E-state index contributed by atoms with van der Waals surface area (Å²) in [6.07, 6.45) is 87.0. The van der Waals surface area contributed by atoms with Crippen LogP contribution in [-0.4, -0.2) is 49.3 Å². The van der Waals surface area contributed by atoms with E-state index in [0.29, 0.717) is 6.42 Å². The Morgan fingerprint density at radius 3 is 1.05 bits per heavy atom. The largest absolute Gasteiger partial charge is 0.472 e. The molecule has 0 rings (SSSR count). The summed E-state index contributed by atoms with van der Waals surface area (Å²) in [6.45, 7) is 3.60. The number of phosphoric acid groups is 1. The fraction of sp³-hybridized carbons (Fsp3) is 0.676. The first-order valence-electron chi connectivity index (χ1n) is 31.5. The molecule has 0 aromatic carbocycles. The van der Waals surface area contributed by atoms with E-state index in [-0.39, 0.29) is 32.6 Å². The maximum absolute atomic E-state index is 12.7. The first kappa shape index (κ1) is 74.4. The van der Waals surface area contributed by atoms with Crippen molar-refractivity contribution in [3.8, 4) is 0 Å². The third-order valence-corrected chi connectivity index (χ3v) is 14.1. The van der Waals surface area contributed by atoms with Gasteiger partial charge in [0.1, 0.15) is 6.61 Å². The highest BCUT2D eigenvalue weighted by atomic mass is 31.2. The van der Waals surface area contributed by atoms with Crippen LogP contribution >= 0.6 is 7.82 Å². The van der Waals surface area contributed by atoms with Crippen LogP contribution in [0.1, 0.15) is 264 Å². The van der Waals surface area contributed by atoms with E-state index in [1.54, 1.807) is 0 Å². The molecule has 0 amide bonds. The molecule has 9 nitrogen and oxygen atoms in total. The van der Waals surface area contributed by atoms with E-state index < -0.39 is 32.5 Å². The molecular weight excluding hydrogens is 990 g/mol. The Bertz CT molecular complexity index is 1690. The molecule has 3 N–H and O–H groups in total. The van der Waals surface area contributed by atoms with Crippen molar-refractivity contribution in [3.05, 3.63) is 122 Å². The first-order chi connectivity index (χ1) is 38.3. The highest BCUT2D eigenvalue weighted by Gasteiger charge is 2.26. The van der Waals surface area contributed by atoms with Crippen molar-refractivity contribution < 1.29 is 37.6 Å². The Morgan fingerprint density at radius 2 is 0.705 bits per heavy atom. The summed E-state index contributed by atoms with van der Waals surface area (Å²) < 4.78 is 33.0. The number of hydrogen-bond donors (Lipinski definition) is 2. The summed E-state index contributed by atoms with van der Waals surface area (Å²) in [6, 6.07) is 0. The monoisotopic (exact) mass is 1110 g/mol. The van der Waals surface area contributed by atoms with Crippen molar-refractivity contribution in [2.75, 3.05) is 26.4 Å². The summed E-state index contributed by atoms with van der Waals surface area (Å²) in [7, 11) is -4.41. The number of ether oxygens (including phenoxy) is 2. The predicted octanol–water partition coefficient (Wildman–Crippen LogP) is 20.3. The van der Waals surface area contributed by atoms with Gasteiger partial charge in [0.2, 0.25) is 0 Å². The minimum Gasteiger partial charge on any atom is -0.462 e. The number of carbonyl (C=O) groups is 2. The molecule has 0 aliphatic rings. The van der Waals surface area contributed by atoms with Crippen LogP contribution in [-0.2, 0) is 32.7 Å². The Kier molecular flexibility index (Phi) is 59.7. The zero-order valence-corrected chi connectivity index (χ0v) is 50.8. The number of esters is 2. The van der Waals surface area contributed by atoms with Crippen LogP contribution in [0.25, 0.3) is 0 Å². The predicted molar refractivity (Wildman–Crippen MR) is 334 cm³/mol. The van der Waals surface area contributed by atoms with E-state index in [1.165, 1.54) is 135 Å². The molecule has 2 atom stereocenters. The Labute approximate surface area is 479 Å². The molecule has 0 saturated carbocycles. The van der Waals surface area contributed by atoms with Crippen LogP contribution in [0, 0.1) is 0 Å². The molecule has 0 bridgehead atoms. The van der Waals surface area contributed by atoms with Crippen molar-refractivity contribution in [3.63, 3.8) is 0 Å². The molecule has 0 saturated heterocycles. The van der Waals surface area contributed by atoms with Crippen LogP contribution in [0.15, 0.2) is 122 Å². The maximum atomic E-state index is 12.7. The van der Waals surface area contributed by atoms with Gasteiger partial charge in [-0.15, -0.1) is 0 Å². The van der Waals surface area contributed by atoms with Gasteiger partial charge in [-0.05, 0) is 89.9 Å². The Hall–Kier alpha value is -3.59. The molecule has 0 fully saturated rings. The number of phosphoric ester groups is 1. The zero-order chi connectivity index (χ0) is 56.6. The lowest BCUT2D eigenvalue weighted by Crippen LogP contribution is -2.29. The summed E-state index contributed by atoms with van der Waals surface area (Å²) in [5.74, 6) is -0.878. The molecule has 78 heavy (non-hydrogen) atoms. The van der Waals surface area contributed by atoms with Crippen LogP contribution in [0.4, 0.5) is 0 Å². The van der Waals surface area contributed by atoms with E-state index >= 15 is 0 Å². The molecule has 0 aliphatic carbocycles. The van der Waals surface area contributed by atoms with Crippen LogP contribution < -0.4 is 5.73 Å². The molecule has 0 aliphatic heterocycles. The van der Waals surface area contributed by atoms with Crippen LogP contribution in [0.2, 0.25) is 0 Å². The molecule has 0 aromatic rings. The zero-order valence-electron chi connectivity index (χ0n) is 49.9. The van der Waals surface area contributed by atoms with Crippen LogP contribution in [0.5, 0.6) is 0 Å². The van der Waals surface area contributed by atoms with Gasteiger partial charge in [0.15, 0.2) is 6.10 Å². The van der Waals surface area contributed by atoms with E-state index in [4.69, 9.17) is 24.3 Å². The lowest BCUT2D eigenvalue weighted by atomic mass is 10.0. The van der Waals surface area contributed by atoms with E-state index in [1.807, 2.05) is 0 Å². The van der Waals surface area contributed by atoms with Gasteiger partial charge in [-0.2, -0.15) is 0 Å². The minimum absolute atomic E-state index is 0.0410. The van der Waals surface area contributed by atoms with Crippen molar-refractivity contribution in [1.29, 1.82) is 0 Å². The summed E-state index contributed by atoms with van der Waals surface area (Å²) in [4.78, 5) is 35.2. The van der Waals surface area contributed by atoms with E-state index in [9.17, 15) is 19.0 Å². The SMILES string of the molecule is CC/C=C\C/C=C\C/C=C\C/C=C\C/C=C\C/C=C\C/C=C\C/C=C\C/C=C\C/C=C\CCCCC(=O)OC(COC(=O)CCCCCCCCCCCCCCCCCCCCCCCCCC)COP(=O)(O)OCCN. The minimum atomic E-state index is -4.41. The number of unbranched alkanes of at least 4 members (excludes halogenated alkanes) is 25. The molecule has 0 radical (unpaired) electrons. The molecule has 0 aromatic heterocycles. The number of rotatable bonds is 58. The van der Waals surface area contributed by atoms with Gasteiger partial charge in [0.25, 0.3) is 0 Å². The lowest BCUT2D eigenvalue weighted by molar-refractivity contribution is -0.161. The van der Waals surface area contributed by atoms with Gasteiger partial charge in [-0.25, -0.2) is 4.57 Å². The van der Waals surface area contributed by atoms with Gasteiger partial charge < -0.3 is 20.1 Å². The average molecular weight is 1110 g/mol. The third-order valence-electron chi connectivity index (χ3n) is 13.1. The fourth-order valence-electron chi connectivity index (χ4n) is 8.49. The highest BCUT2D eigenvalue weighted by molar-refractivity contribution is 7.47. The Balaban J connectivity index is 4.07. The summed E-state index contributed by atoms with van der Waals surface area (Å²) in [5.41, 5.74) is 5.39. The highest BCUT2D eigenvalue weighted by Crippen LogP contribution is 2.43. The second-order valence-electron chi connectivity index (χ2n) is 20.6. The number of hydrogen-bond acceptors (Lipinski definition) is 8. The van der Waals surface area contributed by atoms with Crippen molar-refractivity contribution in [2.45, 2.75) is 270 Å². The second kappa shape index (κ2) is 62.6. The third kappa shape index (κ3) is 61.6. The molecular formula is C68H116NO8P. The van der Waals surface area contributed by atoms with Crippen molar-refractivity contribution in [1.82, 2.24) is 0 Å². The van der Waals surface area contributed by atoms with Gasteiger partial charge in [0, 0.05) is 19.4 Å². The quantitative estimate of drug-likeness (QED) is 0.0264. The summed E-state index contributed by atoms with van der Waals surface area (Å²) in [5, 5.41) is 0. The van der Waals surface area contributed by atoms with Gasteiger partial charge in [-0.3, -0.25) is 18.6 Å². The molecule has 0 heterocycles. The van der Waals surface area contributed by atoms with Crippen LogP contribution in [0.3, 0.4) is 0 Å². The number of carbonyl (C=O) groups excluding carboxylic acids is 2.